The number of amides is 1. The van der Waals surface area contributed by atoms with Crippen molar-refractivity contribution >= 4 is 17.2 Å². The molecule has 0 bridgehead atoms. The van der Waals surface area contributed by atoms with E-state index in [0.29, 0.717) is 18.8 Å². The molecule has 6 nitrogen and oxygen atoms in total. The van der Waals surface area contributed by atoms with Crippen molar-refractivity contribution in [2.75, 3.05) is 19.7 Å². The Labute approximate surface area is 173 Å². The molecule has 0 spiro atoms. The van der Waals surface area contributed by atoms with E-state index in [1.165, 1.54) is 4.88 Å². The highest BCUT2D eigenvalue weighted by molar-refractivity contribution is 7.10. The van der Waals surface area contributed by atoms with Gasteiger partial charge in [0.1, 0.15) is 0 Å². The van der Waals surface area contributed by atoms with E-state index in [-0.39, 0.29) is 12.0 Å². The molecule has 4 heterocycles. The van der Waals surface area contributed by atoms with Gasteiger partial charge >= 0.3 is 0 Å². The molecule has 0 N–H and O–H groups in total. The number of carbonyl (C=O) groups is 1. The Hall–Kier alpha value is -2.51. The van der Waals surface area contributed by atoms with E-state index in [2.05, 4.69) is 21.6 Å². The summed E-state index contributed by atoms with van der Waals surface area (Å²) in [6.45, 7) is 1.99. The molecule has 1 fully saturated rings. The van der Waals surface area contributed by atoms with Crippen LogP contribution in [0.5, 0.6) is 0 Å². The standard InChI is InChI=1S/C22H23N3O3S/c26-22(20-18-3-4-19-17(8-13-29-19)21(18)28-24-20)25(14-16-2-1-12-27-16)11-7-15-5-9-23-10-6-15/h5-6,8-10,13,16H,1-4,7,11-12,14H2. The van der Waals surface area contributed by atoms with Crippen LogP contribution in [-0.2, 0) is 24.0 Å². The first-order chi connectivity index (χ1) is 14.3. The summed E-state index contributed by atoms with van der Waals surface area (Å²) in [5, 5.41) is 6.29. The van der Waals surface area contributed by atoms with Crippen LogP contribution >= 0.6 is 11.3 Å². The second kappa shape index (κ2) is 8.08. The van der Waals surface area contributed by atoms with Crippen molar-refractivity contribution in [3.63, 3.8) is 0 Å². The minimum Gasteiger partial charge on any atom is -0.376 e. The summed E-state index contributed by atoms with van der Waals surface area (Å²) in [5.74, 6) is 0.709. The zero-order chi connectivity index (χ0) is 19.6. The fourth-order valence-electron chi connectivity index (χ4n) is 4.17. The van der Waals surface area contributed by atoms with Crippen LogP contribution in [0.1, 0.15) is 39.3 Å². The van der Waals surface area contributed by atoms with Crippen LogP contribution in [0.15, 0.2) is 40.5 Å². The predicted octanol–water partition coefficient (Wildman–Crippen LogP) is 3.76. The molecular formula is C22H23N3O3S. The second-order valence-corrected chi connectivity index (χ2v) is 8.59. The van der Waals surface area contributed by atoms with Gasteiger partial charge in [-0.2, -0.15) is 0 Å². The third-order valence-corrected chi connectivity index (χ3v) is 6.72. The van der Waals surface area contributed by atoms with Crippen LogP contribution in [0, 0.1) is 0 Å². The average molecular weight is 410 g/mol. The van der Waals surface area contributed by atoms with Gasteiger partial charge in [0, 0.05) is 48.1 Å². The fraction of sp³-hybridized carbons (Fsp3) is 0.409. The lowest BCUT2D eigenvalue weighted by Crippen LogP contribution is -2.39. The highest BCUT2D eigenvalue weighted by atomic mass is 32.1. The Bertz CT molecular complexity index is 992. The second-order valence-electron chi connectivity index (χ2n) is 7.59. The summed E-state index contributed by atoms with van der Waals surface area (Å²) in [6, 6.07) is 6.04. The highest BCUT2D eigenvalue weighted by Gasteiger charge is 2.32. The zero-order valence-corrected chi connectivity index (χ0v) is 17.0. The van der Waals surface area contributed by atoms with Crippen LogP contribution in [0.2, 0.25) is 0 Å². The maximum Gasteiger partial charge on any atom is 0.276 e. The molecule has 5 rings (SSSR count). The van der Waals surface area contributed by atoms with E-state index in [1.807, 2.05) is 17.0 Å². The summed E-state index contributed by atoms with van der Waals surface area (Å²) >= 11 is 1.74. The largest absolute Gasteiger partial charge is 0.376 e. The minimum atomic E-state index is -0.0572. The molecule has 1 unspecified atom stereocenters. The summed E-state index contributed by atoms with van der Waals surface area (Å²) in [5.41, 5.74) is 3.66. The maximum absolute atomic E-state index is 13.5. The van der Waals surface area contributed by atoms with Crippen LogP contribution in [0.3, 0.4) is 0 Å². The molecule has 1 aliphatic heterocycles. The molecule has 0 aromatic carbocycles. The number of nitrogens with zero attached hydrogens (tertiary/aromatic N) is 3. The SMILES string of the molecule is O=C(c1noc2c1CCc1sccc1-2)N(CCc1ccncc1)CC1CCCO1. The normalized spacial score (nSPS) is 17.7. The molecule has 0 saturated carbocycles. The third-order valence-electron chi connectivity index (χ3n) is 5.74. The van der Waals surface area contributed by atoms with Crippen LogP contribution in [0.25, 0.3) is 11.3 Å². The molecule has 1 saturated heterocycles. The number of pyridine rings is 1. The molecule has 1 amide bonds. The molecule has 29 heavy (non-hydrogen) atoms. The van der Waals surface area contributed by atoms with Gasteiger partial charge in [-0.05, 0) is 61.2 Å². The predicted molar refractivity (Wildman–Crippen MR) is 110 cm³/mol. The van der Waals surface area contributed by atoms with E-state index in [4.69, 9.17) is 9.26 Å². The molecule has 3 aromatic heterocycles. The van der Waals surface area contributed by atoms with Gasteiger partial charge in [0.2, 0.25) is 0 Å². The Morgan fingerprint density at radius 1 is 1.24 bits per heavy atom. The number of ether oxygens (including phenoxy) is 1. The van der Waals surface area contributed by atoms with Gasteiger partial charge < -0.3 is 14.2 Å². The van der Waals surface area contributed by atoms with Crippen molar-refractivity contribution in [2.24, 2.45) is 0 Å². The lowest BCUT2D eigenvalue weighted by Gasteiger charge is -2.25. The number of thiophene rings is 1. The molecule has 3 aromatic rings. The van der Waals surface area contributed by atoms with Gasteiger partial charge in [0.25, 0.3) is 5.91 Å². The first-order valence-corrected chi connectivity index (χ1v) is 11.0. The number of aryl methyl sites for hydroxylation is 1. The molecule has 1 atom stereocenters. The first-order valence-electron chi connectivity index (χ1n) is 10.1. The van der Waals surface area contributed by atoms with E-state index < -0.39 is 0 Å². The molecule has 7 heteroatoms. The summed E-state index contributed by atoms with van der Waals surface area (Å²) in [7, 11) is 0. The Kier molecular flexibility index (Phi) is 5.16. The summed E-state index contributed by atoms with van der Waals surface area (Å²) in [6.07, 6.45) is 8.22. The Morgan fingerprint density at radius 2 is 2.14 bits per heavy atom. The Balaban J connectivity index is 1.39. The van der Waals surface area contributed by atoms with Crippen molar-refractivity contribution in [2.45, 2.75) is 38.2 Å². The van der Waals surface area contributed by atoms with Crippen molar-refractivity contribution in [3.8, 4) is 11.3 Å². The number of hydrogen-bond acceptors (Lipinski definition) is 6. The van der Waals surface area contributed by atoms with Gasteiger partial charge in [-0.3, -0.25) is 9.78 Å². The molecule has 150 valence electrons. The van der Waals surface area contributed by atoms with Crippen molar-refractivity contribution < 1.29 is 14.1 Å². The van der Waals surface area contributed by atoms with Crippen LogP contribution in [0.4, 0.5) is 0 Å². The minimum absolute atomic E-state index is 0.0572. The molecular weight excluding hydrogens is 386 g/mol. The van der Waals surface area contributed by atoms with Gasteiger partial charge in [0.15, 0.2) is 11.5 Å². The van der Waals surface area contributed by atoms with E-state index in [9.17, 15) is 4.79 Å². The number of fused-ring (bicyclic) bond motifs is 3. The Morgan fingerprint density at radius 3 is 2.97 bits per heavy atom. The lowest BCUT2D eigenvalue weighted by atomic mass is 9.95. The number of rotatable bonds is 6. The molecule has 0 radical (unpaired) electrons. The number of hydrogen-bond donors (Lipinski definition) is 0. The van der Waals surface area contributed by atoms with Crippen molar-refractivity contribution in [3.05, 3.63) is 57.7 Å². The quantitative estimate of drug-likeness (QED) is 0.620. The lowest BCUT2D eigenvalue weighted by molar-refractivity contribution is 0.0520. The monoisotopic (exact) mass is 409 g/mol. The number of carbonyl (C=O) groups excluding carboxylic acids is 1. The highest BCUT2D eigenvalue weighted by Crippen LogP contribution is 2.38. The third kappa shape index (κ3) is 3.72. The van der Waals surface area contributed by atoms with Gasteiger partial charge in [-0.15, -0.1) is 11.3 Å². The van der Waals surface area contributed by atoms with Crippen molar-refractivity contribution in [1.82, 2.24) is 15.0 Å². The van der Waals surface area contributed by atoms with E-state index >= 15 is 0 Å². The van der Waals surface area contributed by atoms with Gasteiger partial charge in [-0.1, -0.05) is 5.16 Å². The summed E-state index contributed by atoms with van der Waals surface area (Å²) in [4.78, 5) is 20.7. The molecule has 1 aliphatic carbocycles. The maximum atomic E-state index is 13.5. The summed E-state index contributed by atoms with van der Waals surface area (Å²) < 4.78 is 11.5. The smallest absolute Gasteiger partial charge is 0.276 e. The van der Waals surface area contributed by atoms with Crippen LogP contribution < -0.4 is 0 Å². The zero-order valence-electron chi connectivity index (χ0n) is 16.2. The first kappa shape index (κ1) is 18.5. The number of aromatic nitrogens is 2. The average Bonchev–Trinajstić information content (AvgIpc) is 3.51. The van der Waals surface area contributed by atoms with Gasteiger partial charge in [0.05, 0.1) is 6.10 Å². The molecule has 2 aliphatic rings. The van der Waals surface area contributed by atoms with Crippen LogP contribution in [-0.4, -0.2) is 46.7 Å². The fourth-order valence-corrected chi connectivity index (χ4v) is 5.05. The van der Waals surface area contributed by atoms with Crippen molar-refractivity contribution in [1.29, 1.82) is 0 Å². The van der Waals surface area contributed by atoms with E-state index in [1.54, 1.807) is 23.7 Å². The van der Waals surface area contributed by atoms with Gasteiger partial charge in [-0.25, -0.2) is 0 Å². The van der Waals surface area contributed by atoms with E-state index in [0.717, 1.165) is 61.2 Å². The topological polar surface area (TPSA) is 68.5 Å².